The van der Waals surface area contributed by atoms with Crippen molar-refractivity contribution >= 4 is 11.3 Å². The van der Waals surface area contributed by atoms with Crippen molar-refractivity contribution < 1.29 is 4.74 Å². The molecule has 1 unspecified atom stereocenters. The first kappa shape index (κ1) is 11.0. The van der Waals surface area contributed by atoms with Gasteiger partial charge in [0.05, 0.1) is 16.8 Å². The van der Waals surface area contributed by atoms with Crippen LogP contribution in [0.2, 0.25) is 0 Å². The normalized spacial score (nSPS) is 21.0. The summed E-state index contributed by atoms with van der Waals surface area (Å²) in [5.74, 6) is 0. The summed E-state index contributed by atoms with van der Waals surface area (Å²) in [5.41, 5.74) is 6.66. The molecule has 84 valence electrons. The van der Waals surface area contributed by atoms with E-state index in [4.69, 9.17) is 10.5 Å². The van der Waals surface area contributed by atoms with Crippen LogP contribution in [0.5, 0.6) is 0 Å². The molecular weight excluding hydrogens is 208 g/mol. The number of aryl methyl sites for hydroxylation is 1. The Morgan fingerprint density at radius 2 is 2.53 bits per heavy atom. The van der Waals surface area contributed by atoms with Gasteiger partial charge in [-0.2, -0.15) is 0 Å². The van der Waals surface area contributed by atoms with Gasteiger partial charge in [0, 0.05) is 18.4 Å². The minimum absolute atomic E-state index is 0.415. The quantitative estimate of drug-likeness (QED) is 0.832. The molecule has 1 aliphatic rings. The van der Waals surface area contributed by atoms with Gasteiger partial charge in [-0.05, 0) is 32.2 Å². The van der Waals surface area contributed by atoms with Crippen LogP contribution in [0.3, 0.4) is 0 Å². The van der Waals surface area contributed by atoms with Crippen molar-refractivity contribution in [1.29, 1.82) is 0 Å². The van der Waals surface area contributed by atoms with E-state index < -0.39 is 0 Å². The monoisotopic (exact) mass is 226 g/mol. The molecule has 0 bridgehead atoms. The molecule has 4 heteroatoms. The highest BCUT2D eigenvalue weighted by Gasteiger charge is 2.17. The molecule has 2 N–H and O–H groups in total. The second-order valence-corrected chi connectivity index (χ2v) is 4.91. The number of hydrogen-bond acceptors (Lipinski definition) is 4. The van der Waals surface area contributed by atoms with E-state index in [1.807, 2.05) is 0 Å². The number of aromatic nitrogens is 1. The van der Waals surface area contributed by atoms with E-state index in [2.05, 4.69) is 10.4 Å². The Balaban J connectivity index is 1.83. The molecule has 0 saturated carbocycles. The van der Waals surface area contributed by atoms with Crippen LogP contribution in [-0.2, 0) is 17.6 Å². The fraction of sp³-hybridized carbons (Fsp3) is 0.727. The van der Waals surface area contributed by atoms with E-state index >= 15 is 0 Å². The molecule has 15 heavy (non-hydrogen) atoms. The summed E-state index contributed by atoms with van der Waals surface area (Å²) < 4.78 is 5.59. The van der Waals surface area contributed by atoms with Crippen LogP contribution in [0.15, 0.2) is 5.38 Å². The van der Waals surface area contributed by atoms with Gasteiger partial charge < -0.3 is 10.5 Å². The molecule has 0 aromatic carbocycles. The first-order chi connectivity index (χ1) is 7.38. The maximum atomic E-state index is 5.59. The zero-order chi connectivity index (χ0) is 10.5. The van der Waals surface area contributed by atoms with Crippen molar-refractivity contribution in [2.45, 2.75) is 38.2 Å². The Labute approximate surface area is 94.7 Å². The summed E-state index contributed by atoms with van der Waals surface area (Å²) in [5, 5.41) is 3.37. The molecule has 3 nitrogen and oxygen atoms in total. The lowest BCUT2D eigenvalue weighted by Crippen LogP contribution is -2.08. The zero-order valence-electron chi connectivity index (χ0n) is 8.95. The van der Waals surface area contributed by atoms with E-state index in [-0.39, 0.29) is 0 Å². The van der Waals surface area contributed by atoms with E-state index in [1.165, 1.54) is 23.5 Å². The van der Waals surface area contributed by atoms with Gasteiger partial charge in [0.15, 0.2) is 0 Å². The summed E-state index contributed by atoms with van der Waals surface area (Å²) in [6, 6.07) is 0. The molecule has 0 spiro atoms. The third-order valence-electron chi connectivity index (χ3n) is 2.66. The number of ether oxygens (including phenoxy) is 1. The molecule has 1 aromatic heterocycles. The second-order valence-electron chi connectivity index (χ2n) is 3.96. The van der Waals surface area contributed by atoms with Crippen LogP contribution >= 0.6 is 11.3 Å². The fourth-order valence-electron chi connectivity index (χ4n) is 1.84. The van der Waals surface area contributed by atoms with E-state index in [1.54, 1.807) is 11.3 Å². The maximum Gasteiger partial charge on any atom is 0.0954 e. The molecule has 2 heterocycles. The third-order valence-corrected chi connectivity index (χ3v) is 3.58. The smallest absolute Gasteiger partial charge is 0.0954 e. The number of thiazole rings is 1. The lowest BCUT2D eigenvalue weighted by atomic mass is 10.2. The van der Waals surface area contributed by atoms with Gasteiger partial charge in [-0.25, -0.2) is 4.98 Å². The van der Waals surface area contributed by atoms with Gasteiger partial charge >= 0.3 is 0 Å². The molecule has 1 atom stereocenters. The number of rotatable bonds is 5. The topological polar surface area (TPSA) is 48.1 Å². The first-order valence-corrected chi connectivity index (χ1v) is 6.51. The predicted octanol–water partition coefficient (Wildman–Crippen LogP) is 1.76. The average Bonchev–Trinajstić information content (AvgIpc) is 2.87. The van der Waals surface area contributed by atoms with Gasteiger partial charge in [-0.1, -0.05) is 0 Å². The largest absolute Gasteiger partial charge is 0.378 e. The van der Waals surface area contributed by atoms with Crippen LogP contribution in [0, 0.1) is 0 Å². The van der Waals surface area contributed by atoms with Crippen LogP contribution in [0.4, 0.5) is 0 Å². The first-order valence-electron chi connectivity index (χ1n) is 5.63. The molecule has 0 amide bonds. The van der Waals surface area contributed by atoms with Crippen molar-refractivity contribution in [1.82, 2.24) is 4.98 Å². The molecule has 0 radical (unpaired) electrons. The summed E-state index contributed by atoms with van der Waals surface area (Å²) in [4.78, 5) is 4.59. The van der Waals surface area contributed by atoms with E-state index in [0.717, 1.165) is 32.4 Å². The summed E-state index contributed by atoms with van der Waals surface area (Å²) >= 11 is 1.75. The minimum atomic E-state index is 0.415. The summed E-state index contributed by atoms with van der Waals surface area (Å²) in [6.07, 6.45) is 5.85. The highest BCUT2D eigenvalue weighted by molar-refractivity contribution is 7.09. The third kappa shape index (κ3) is 3.26. The van der Waals surface area contributed by atoms with E-state index in [0.29, 0.717) is 6.10 Å². The molecule has 1 saturated heterocycles. The summed E-state index contributed by atoms with van der Waals surface area (Å²) in [6.45, 7) is 1.68. The van der Waals surface area contributed by atoms with Crippen molar-refractivity contribution in [3.8, 4) is 0 Å². The molecule has 2 rings (SSSR count). The van der Waals surface area contributed by atoms with Gasteiger partial charge in [0.25, 0.3) is 0 Å². The molecule has 1 aromatic rings. The van der Waals surface area contributed by atoms with Crippen molar-refractivity contribution in [3.05, 3.63) is 16.1 Å². The Hall–Kier alpha value is -0.450. The zero-order valence-corrected chi connectivity index (χ0v) is 9.76. The Bertz CT molecular complexity index is 295. The highest BCUT2D eigenvalue weighted by atomic mass is 32.1. The Kier molecular flexibility index (Phi) is 4.11. The SMILES string of the molecule is NCCCc1csc(CC2CCCO2)n1. The maximum absolute atomic E-state index is 5.59. The van der Waals surface area contributed by atoms with Crippen molar-refractivity contribution in [3.63, 3.8) is 0 Å². The molecule has 1 aliphatic heterocycles. The van der Waals surface area contributed by atoms with Gasteiger partial charge in [-0.3, -0.25) is 0 Å². The molecular formula is C11H18N2OS. The highest BCUT2D eigenvalue weighted by Crippen LogP contribution is 2.20. The van der Waals surface area contributed by atoms with Gasteiger partial charge in [0.2, 0.25) is 0 Å². The van der Waals surface area contributed by atoms with Gasteiger partial charge in [0.1, 0.15) is 0 Å². The van der Waals surface area contributed by atoms with Crippen LogP contribution < -0.4 is 5.73 Å². The van der Waals surface area contributed by atoms with Crippen LogP contribution in [0.25, 0.3) is 0 Å². The van der Waals surface area contributed by atoms with Gasteiger partial charge in [-0.15, -0.1) is 11.3 Å². The predicted molar refractivity (Wildman–Crippen MR) is 62.2 cm³/mol. The average molecular weight is 226 g/mol. The lowest BCUT2D eigenvalue weighted by Gasteiger charge is -2.05. The molecule has 1 fully saturated rings. The van der Waals surface area contributed by atoms with Crippen LogP contribution in [-0.4, -0.2) is 24.2 Å². The lowest BCUT2D eigenvalue weighted by molar-refractivity contribution is 0.111. The van der Waals surface area contributed by atoms with Crippen molar-refractivity contribution in [2.75, 3.05) is 13.2 Å². The second kappa shape index (κ2) is 5.58. The number of hydrogen-bond donors (Lipinski definition) is 1. The Morgan fingerprint density at radius 1 is 1.60 bits per heavy atom. The molecule has 0 aliphatic carbocycles. The van der Waals surface area contributed by atoms with Crippen LogP contribution in [0.1, 0.15) is 30.0 Å². The fourth-order valence-corrected chi connectivity index (χ4v) is 2.74. The van der Waals surface area contributed by atoms with Crippen molar-refractivity contribution in [2.24, 2.45) is 5.73 Å². The Morgan fingerprint density at radius 3 is 3.27 bits per heavy atom. The van der Waals surface area contributed by atoms with E-state index in [9.17, 15) is 0 Å². The standard InChI is InChI=1S/C11H18N2OS/c12-5-1-3-9-8-15-11(13-9)7-10-4-2-6-14-10/h8,10H,1-7,12H2. The minimum Gasteiger partial charge on any atom is -0.378 e. The number of nitrogens with zero attached hydrogens (tertiary/aromatic N) is 1. The number of nitrogens with two attached hydrogens (primary N) is 1. The summed E-state index contributed by atoms with van der Waals surface area (Å²) in [7, 11) is 0.